The molecular weight excluding hydrogens is 232 g/mol. The normalized spacial score (nSPS) is 23.2. The molecule has 0 radical (unpaired) electrons. The molecule has 3 N–H and O–H groups in total. The lowest BCUT2D eigenvalue weighted by Crippen LogP contribution is -2.24. The fourth-order valence-electron chi connectivity index (χ4n) is 2.53. The van der Waals surface area contributed by atoms with Crippen LogP contribution in [0.4, 0.5) is 0 Å². The van der Waals surface area contributed by atoms with Gasteiger partial charge in [-0.2, -0.15) is 0 Å². The number of amides is 1. The van der Waals surface area contributed by atoms with Crippen molar-refractivity contribution in [2.75, 3.05) is 0 Å². The number of carboxylic acids is 1. The number of carbonyl (C=O) groups is 2. The highest BCUT2D eigenvalue weighted by molar-refractivity contribution is 5.90. The Hall–Kier alpha value is -2.30. The van der Waals surface area contributed by atoms with Crippen molar-refractivity contribution in [1.29, 1.82) is 0 Å². The number of benzene rings is 1. The van der Waals surface area contributed by atoms with E-state index in [0.717, 1.165) is 16.5 Å². The zero-order valence-electron chi connectivity index (χ0n) is 9.51. The summed E-state index contributed by atoms with van der Waals surface area (Å²) in [7, 11) is 0. The van der Waals surface area contributed by atoms with E-state index in [4.69, 9.17) is 5.11 Å². The minimum absolute atomic E-state index is 0.0412. The first-order valence-electron chi connectivity index (χ1n) is 5.75. The summed E-state index contributed by atoms with van der Waals surface area (Å²) in [5.74, 6) is -1.85. The molecule has 3 rings (SSSR count). The van der Waals surface area contributed by atoms with Crippen molar-refractivity contribution >= 4 is 22.8 Å². The highest BCUT2D eigenvalue weighted by Gasteiger charge is 2.39. The molecule has 0 unspecified atom stereocenters. The molecule has 1 fully saturated rings. The predicted octanol–water partition coefficient (Wildman–Crippen LogP) is 1.43. The van der Waals surface area contributed by atoms with E-state index in [9.17, 15) is 9.59 Å². The molecule has 1 aromatic heterocycles. The number of nitrogens with one attached hydrogen (secondary N) is 2. The number of carbonyl (C=O) groups excluding carboxylic acids is 1. The average molecular weight is 244 g/mol. The summed E-state index contributed by atoms with van der Waals surface area (Å²) in [6, 6.07) is 7.19. The lowest BCUT2D eigenvalue weighted by Gasteiger charge is -2.14. The molecule has 5 heteroatoms. The van der Waals surface area contributed by atoms with Crippen LogP contribution in [0.2, 0.25) is 0 Å². The smallest absolute Gasteiger partial charge is 0.309 e. The molecule has 1 aliphatic heterocycles. The number of fused-ring (bicyclic) bond motifs is 1. The largest absolute Gasteiger partial charge is 0.481 e. The van der Waals surface area contributed by atoms with Crippen LogP contribution in [-0.4, -0.2) is 22.0 Å². The maximum absolute atomic E-state index is 11.4. The molecule has 1 aromatic carbocycles. The van der Waals surface area contributed by atoms with Crippen molar-refractivity contribution < 1.29 is 14.7 Å². The minimum Gasteiger partial charge on any atom is -0.481 e. The third-order valence-corrected chi connectivity index (χ3v) is 3.40. The maximum atomic E-state index is 11.4. The SMILES string of the molecule is O=C1C[C@H](C(=O)O)[C@@H](c2c[nH]c3ccccc23)N1. The highest BCUT2D eigenvalue weighted by Crippen LogP contribution is 2.34. The average Bonchev–Trinajstić information content (AvgIpc) is 2.92. The number of H-pyrrole nitrogens is 1. The Balaban J connectivity index is 2.08. The van der Waals surface area contributed by atoms with Gasteiger partial charge in [-0.1, -0.05) is 18.2 Å². The van der Waals surface area contributed by atoms with Gasteiger partial charge in [0, 0.05) is 29.1 Å². The molecule has 0 aliphatic carbocycles. The summed E-state index contributed by atoms with van der Waals surface area (Å²) in [6.45, 7) is 0. The van der Waals surface area contributed by atoms with Crippen LogP contribution in [0.25, 0.3) is 10.9 Å². The van der Waals surface area contributed by atoms with Crippen LogP contribution >= 0.6 is 0 Å². The second kappa shape index (κ2) is 3.87. The van der Waals surface area contributed by atoms with Gasteiger partial charge in [0.25, 0.3) is 0 Å². The molecule has 1 amide bonds. The van der Waals surface area contributed by atoms with Crippen molar-refractivity contribution in [3.05, 3.63) is 36.0 Å². The van der Waals surface area contributed by atoms with Gasteiger partial charge in [0.05, 0.1) is 12.0 Å². The molecule has 92 valence electrons. The fraction of sp³-hybridized carbons (Fsp3) is 0.231. The molecule has 1 saturated heterocycles. The second-order valence-electron chi connectivity index (χ2n) is 4.48. The topological polar surface area (TPSA) is 82.2 Å². The Labute approximate surface area is 103 Å². The van der Waals surface area contributed by atoms with Crippen LogP contribution in [0.3, 0.4) is 0 Å². The standard InChI is InChI=1S/C13H12N2O3/c16-11-5-8(13(17)18)12(15-11)9-6-14-10-4-2-1-3-7(9)10/h1-4,6,8,12,14H,5H2,(H,15,16)(H,17,18)/t8-,12-/m0/s1. The van der Waals surface area contributed by atoms with Gasteiger partial charge in [0.15, 0.2) is 0 Å². The van der Waals surface area contributed by atoms with Gasteiger partial charge < -0.3 is 15.4 Å². The molecule has 0 spiro atoms. The summed E-state index contributed by atoms with van der Waals surface area (Å²) in [5, 5.41) is 12.9. The van der Waals surface area contributed by atoms with Gasteiger partial charge in [-0.05, 0) is 6.07 Å². The Morgan fingerprint density at radius 1 is 1.33 bits per heavy atom. The number of rotatable bonds is 2. The van der Waals surface area contributed by atoms with E-state index in [1.165, 1.54) is 0 Å². The summed E-state index contributed by atoms with van der Waals surface area (Å²) in [5.41, 5.74) is 1.78. The molecular formula is C13H12N2O3. The van der Waals surface area contributed by atoms with Crippen LogP contribution in [0.5, 0.6) is 0 Å². The number of aromatic amines is 1. The predicted molar refractivity (Wildman–Crippen MR) is 64.9 cm³/mol. The first-order valence-corrected chi connectivity index (χ1v) is 5.75. The number of hydrogen-bond donors (Lipinski definition) is 3. The number of para-hydroxylation sites is 1. The molecule has 2 aromatic rings. The molecule has 5 nitrogen and oxygen atoms in total. The van der Waals surface area contributed by atoms with Gasteiger partial charge in [-0.3, -0.25) is 9.59 Å². The summed E-state index contributed by atoms with van der Waals surface area (Å²) >= 11 is 0. The van der Waals surface area contributed by atoms with E-state index in [1.807, 2.05) is 24.3 Å². The summed E-state index contributed by atoms with van der Waals surface area (Å²) in [6.07, 6.45) is 1.82. The Bertz CT molecular complexity index is 632. The second-order valence-corrected chi connectivity index (χ2v) is 4.48. The van der Waals surface area contributed by atoms with Crippen molar-refractivity contribution in [3.8, 4) is 0 Å². The summed E-state index contributed by atoms with van der Waals surface area (Å²) < 4.78 is 0. The van der Waals surface area contributed by atoms with Crippen LogP contribution in [0.1, 0.15) is 18.0 Å². The quantitative estimate of drug-likeness (QED) is 0.747. The molecule has 18 heavy (non-hydrogen) atoms. The Morgan fingerprint density at radius 3 is 2.89 bits per heavy atom. The first-order chi connectivity index (χ1) is 8.66. The molecule has 1 aliphatic rings. The van der Waals surface area contributed by atoms with Crippen LogP contribution in [-0.2, 0) is 9.59 Å². The minimum atomic E-state index is -0.941. The van der Waals surface area contributed by atoms with E-state index in [-0.39, 0.29) is 12.3 Å². The van der Waals surface area contributed by atoms with Crippen LogP contribution in [0, 0.1) is 5.92 Å². The van der Waals surface area contributed by atoms with Crippen molar-refractivity contribution in [2.45, 2.75) is 12.5 Å². The third kappa shape index (κ3) is 1.55. The van der Waals surface area contributed by atoms with Crippen molar-refractivity contribution in [1.82, 2.24) is 10.3 Å². The number of aliphatic carboxylic acids is 1. The fourth-order valence-corrected chi connectivity index (χ4v) is 2.53. The monoisotopic (exact) mass is 244 g/mol. The lowest BCUT2D eigenvalue weighted by molar-refractivity contribution is -0.142. The Kier molecular flexibility index (Phi) is 2.33. The first kappa shape index (κ1) is 10.8. The summed E-state index contributed by atoms with van der Waals surface area (Å²) in [4.78, 5) is 25.7. The van der Waals surface area contributed by atoms with E-state index < -0.39 is 17.9 Å². The van der Waals surface area contributed by atoms with Gasteiger partial charge in [-0.25, -0.2) is 0 Å². The number of aromatic nitrogens is 1. The maximum Gasteiger partial charge on any atom is 0.309 e. The molecule has 2 heterocycles. The van der Waals surface area contributed by atoms with Crippen molar-refractivity contribution in [3.63, 3.8) is 0 Å². The van der Waals surface area contributed by atoms with Gasteiger partial charge in [0.2, 0.25) is 5.91 Å². The van der Waals surface area contributed by atoms with Gasteiger partial charge in [0.1, 0.15) is 0 Å². The van der Waals surface area contributed by atoms with Crippen molar-refractivity contribution in [2.24, 2.45) is 5.92 Å². The number of carboxylic acid groups (broad SMARTS) is 1. The van der Waals surface area contributed by atoms with Crippen LogP contribution < -0.4 is 5.32 Å². The van der Waals surface area contributed by atoms with E-state index in [0.29, 0.717) is 0 Å². The zero-order valence-corrected chi connectivity index (χ0v) is 9.51. The third-order valence-electron chi connectivity index (χ3n) is 3.40. The Morgan fingerprint density at radius 2 is 2.11 bits per heavy atom. The lowest BCUT2D eigenvalue weighted by atomic mass is 9.94. The molecule has 0 saturated carbocycles. The number of hydrogen-bond acceptors (Lipinski definition) is 2. The van der Waals surface area contributed by atoms with E-state index >= 15 is 0 Å². The highest BCUT2D eigenvalue weighted by atomic mass is 16.4. The van der Waals surface area contributed by atoms with E-state index in [1.54, 1.807) is 6.20 Å². The van der Waals surface area contributed by atoms with Gasteiger partial charge >= 0.3 is 5.97 Å². The van der Waals surface area contributed by atoms with Crippen LogP contribution in [0.15, 0.2) is 30.5 Å². The molecule has 0 bridgehead atoms. The van der Waals surface area contributed by atoms with E-state index in [2.05, 4.69) is 10.3 Å². The molecule has 2 atom stereocenters. The zero-order chi connectivity index (χ0) is 12.7. The van der Waals surface area contributed by atoms with Gasteiger partial charge in [-0.15, -0.1) is 0 Å².